The van der Waals surface area contributed by atoms with E-state index in [1.54, 1.807) is 7.11 Å². The number of halogens is 1. The van der Waals surface area contributed by atoms with Gasteiger partial charge in [0.25, 0.3) is 0 Å². The van der Waals surface area contributed by atoms with Crippen LogP contribution < -0.4 is 5.73 Å². The van der Waals surface area contributed by atoms with Crippen LogP contribution in [0.2, 0.25) is 5.02 Å². The van der Waals surface area contributed by atoms with E-state index in [0.717, 1.165) is 37.5 Å². The Hall–Kier alpha value is -0.610. The monoisotopic (exact) mass is 271 g/mol. The van der Waals surface area contributed by atoms with Crippen molar-refractivity contribution in [3.05, 3.63) is 34.9 Å². The number of hydrogen-bond acceptors (Lipinski definition) is 3. The smallest absolute Gasteiger partial charge is 0.0487 e. The lowest BCUT2D eigenvalue weighted by atomic mass is 10.0. The molecule has 1 unspecified atom stereocenters. The van der Waals surface area contributed by atoms with Gasteiger partial charge in [-0.25, -0.2) is 0 Å². The van der Waals surface area contributed by atoms with Gasteiger partial charge in [0.05, 0.1) is 0 Å². The molecular weight excluding hydrogens is 250 g/mol. The highest BCUT2D eigenvalue weighted by Gasteiger charge is 2.04. The topological polar surface area (TPSA) is 44.5 Å². The van der Waals surface area contributed by atoms with Crippen molar-refractivity contribution in [1.82, 2.24) is 0 Å². The SMILES string of the molecule is COCCCOCCC(N)Cc1cccc(Cl)c1. The van der Waals surface area contributed by atoms with Crippen LogP contribution in [0.3, 0.4) is 0 Å². The third kappa shape index (κ3) is 6.97. The lowest BCUT2D eigenvalue weighted by molar-refractivity contribution is 0.0984. The van der Waals surface area contributed by atoms with E-state index in [-0.39, 0.29) is 6.04 Å². The summed E-state index contributed by atoms with van der Waals surface area (Å²) in [6, 6.07) is 7.94. The van der Waals surface area contributed by atoms with E-state index in [4.69, 9.17) is 26.8 Å². The highest BCUT2D eigenvalue weighted by Crippen LogP contribution is 2.12. The molecule has 1 rings (SSSR count). The summed E-state index contributed by atoms with van der Waals surface area (Å²) in [4.78, 5) is 0. The number of benzene rings is 1. The summed E-state index contributed by atoms with van der Waals surface area (Å²) in [7, 11) is 1.70. The molecule has 0 saturated carbocycles. The van der Waals surface area contributed by atoms with Crippen molar-refractivity contribution in [2.45, 2.75) is 25.3 Å². The predicted octanol–water partition coefficient (Wildman–Crippen LogP) is 2.65. The number of hydrogen-bond donors (Lipinski definition) is 1. The molecule has 3 nitrogen and oxygen atoms in total. The van der Waals surface area contributed by atoms with Gasteiger partial charge in [0, 0.05) is 38.0 Å². The zero-order chi connectivity index (χ0) is 13.2. The molecule has 1 aromatic carbocycles. The van der Waals surface area contributed by atoms with Crippen LogP contribution in [0.5, 0.6) is 0 Å². The average molecular weight is 272 g/mol. The Morgan fingerprint density at radius 3 is 2.83 bits per heavy atom. The fourth-order valence-electron chi connectivity index (χ4n) is 1.71. The number of methoxy groups -OCH3 is 1. The van der Waals surface area contributed by atoms with Crippen molar-refractivity contribution >= 4 is 11.6 Å². The minimum Gasteiger partial charge on any atom is -0.385 e. The van der Waals surface area contributed by atoms with Gasteiger partial charge in [-0.3, -0.25) is 0 Å². The summed E-state index contributed by atoms with van der Waals surface area (Å²) in [6.07, 6.45) is 2.63. The molecule has 0 spiro atoms. The molecule has 102 valence electrons. The molecule has 4 heteroatoms. The van der Waals surface area contributed by atoms with E-state index < -0.39 is 0 Å². The summed E-state index contributed by atoms with van der Waals surface area (Å²) in [6.45, 7) is 2.18. The van der Waals surface area contributed by atoms with E-state index in [1.807, 2.05) is 24.3 Å². The van der Waals surface area contributed by atoms with Crippen LogP contribution in [-0.4, -0.2) is 33.0 Å². The van der Waals surface area contributed by atoms with E-state index in [1.165, 1.54) is 5.56 Å². The maximum atomic E-state index is 6.05. The lowest BCUT2D eigenvalue weighted by Crippen LogP contribution is -2.24. The predicted molar refractivity (Wildman–Crippen MR) is 75.1 cm³/mol. The molecule has 0 bridgehead atoms. The highest BCUT2D eigenvalue weighted by atomic mass is 35.5. The minimum absolute atomic E-state index is 0.117. The lowest BCUT2D eigenvalue weighted by Gasteiger charge is -2.12. The molecule has 1 atom stereocenters. The largest absolute Gasteiger partial charge is 0.385 e. The molecule has 1 aromatic rings. The Labute approximate surface area is 114 Å². The maximum absolute atomic E-state index is 6.05. The molecule has 18 heavy (non-hydrogen) atoms. The van der Waals surface area contributed by atoms with Crippen molar-refractivity contribution in [3.63, 3.8) is 0 Å². The van der Waals surface area contributed by atoms with E-state index in [0.29, 0.717) is 6.61 Å². The molecule has 0 aliphatic rings. The minimum atomic E-state index is 0.117. The van der Waals surface area contributed by atoms with Crippen LogP contribution >= 0.6 is 11.6 Å². The highest BCUT2D eigenvalue weighted by molar-refractivity contribution is 6.30. The molecule has 0 saturated heterocycles. The maximum Gasteiger partial charge on any atom is 0.0487 e. The van der Waals surface area contributed by atoms with Crippen molar-refractivity contribution in [2.24, 2.45) is 5.73 Å². The second-order valence-electron chi connectivity index (χ2n) is 4.34. The van der Waals surface area contributed by atoms with Gasteiger partial charge in [-0.2, -0.15) is 0 Å². The molecule has 0 aliphatic heterocycles. The van der Waals surface area contributed by atoms with Crippen molar-refractivity contribution < 1.29 is 9.47 Å². The van der Waals surface area contributed by atoms with E-state index in [2.05, 4.69) is 0 Å². The van der Waals surface area contributed by atoms with Crippen LogP contribution in [0.15, 0.2) is 24.3 Å². The molecular formula is C14H22ClNO2. The zero-order valence-electron chi connectivity index (χ0n) is 10.9. The first-order valence-corrected chi connectivity index (χ1v) is 6.67. The van der Waals surface area contributed by atoms with Gasteiger partial charge in [-0.15, -0.1) is 0 Å². The molecule has 0 amide bonds. The van der Waals surface area contributed by atoms with Gasteiger partial charge in [-0.05, 0) is 37.0 Å². The fourth-order valence-corrected chi connectivity index (χ4v) is 1.92. The first-order valence-electron chi connectivity index (χ1n) is 6.29. The standard InChI is InChI=1S/C14H22ClNO2/c1-17-7-3-8-18-9-6-14(16)11-12-4-2-5-13(15)10-12/h2,4-5,10,14H,3,6-9,11,16H2,1H3. The third-order valence-electron chi connectivity index (χ3n) is 2.66. The molecule has 0 aromatic heterocycles. The van der Waals surface area contributed by atoms with Gasteiger partial charge < -0.3 is 15.2 Å². The molecule has 0 aliphatic carbocycles. The Morgan fingerprint density at radius 2 is 2.11 bits per heavy atom. The Morgan fingerprint density at radius 1 is 1.28 bits per heavy atom. The molecule has 0 radical (unpaired) electrons. The van der Waals surface area contributed by atoms with Crippen LogP contribution in [-0.2, 0) is 15.9 Å². The number of ether oxygens (including phenoxy) is 2. The Kier molecular flexibility index (Phi) is 8.01. The zero-order valence-corrected chi connectivity index (χ0v) is 11.7. The van der Waals surface area contributed by atoms with Gasteiger partial charge in [-0.1, -0.05) is 23.7 Å². The van der Waals surface area contributed by atoms with E-state index >= 15 is 0 Å². The number of nitrogens with two attached hydrogens (primary N) is 1. The first-order chi connectivity index (χ1) is 8.72. The quantitative estimate of drug-likeness (QED) is 0.703. The molecule has 2 N–H and O–H groups in total. The summed E-state index contributed by atoms with van der Waals surface area (Å²) in [5, 5.41) is 0.760. The average Bonchev–Trinajstić information content (AvgIpc) is 2.33. The summed E-state index contributed by atoms with van der Waals surface area (Å²) < 4.78 is 10.4. The number of rotatable bonds is 9. The van der Waals surface area contributed by atoms with Crippen LogP contribution in [0.25, 0.3) is 0 Å². The van der Waals surface area contributed by atoms with Gasteiger partial charge >= 0.3 is 0 Å². The van der Waals surface area contributed by atoms with Crippen molar-refractivity contribution in [1.29, 1.82) is 0 Å². The van der Waals surface area contributed by atoms with Crippen molar-refractivity contribution in [2.75, 3.05) is 26.9 Å². The van der Waals surface area contributed by atoms with Crippen molar-refractivity contribution in [3.8, 4) is 0 Å². The summed E-state index contributed by atoms with van der Waals surface area (Å²) in [5.74, 6) is 0. The van der Waals surface area contributed by atoms with E-state index in [9.17, 15) is 0 Å². The molecule has 0 heterocycles. The van der Waals surface area contributed by atoms with Gasteiger partial charge in [0.2, 0.25) is 0 Å². The second-order valence-corrected chi connectivity index (χ2v) is 4.78. The van der Waals surface area contributed by atoms with Crippen LogP contribution in [0.1, 0.15) is 18.4 Å². The summed E-state index contributed by atoms with van der Waals surface area (Å²) >= 11 is 5.93. The normalized spacial score (nSPS) is 12.6. The Bertz CT molecular complexity index is 333. The third-order valence-corrected chi connectivity index (χ3v) is 2.89. The van der Waals surface area contributed by atoms with Gasteiger partial charge in [0.1, 0.15) is 0 Å². The first kappa shape index (κ1) is 15.4. The second kappa shape index (κ2) is 9.34. The van der Waals surface area contributed by atoms with Crippen LogP contribution in [0.4, 0.5) is 0 Å². The van der Waals surface area contributed by atoms with Crippen LogP contribution in [0, 0.1) is 0 Å². The van der Waals surface area contributed by atoms with Gasteiger partial charge in [0.15, 0.2) is 0 Å². The Balaban J connectivity index is 2.12. The summed E-state index contributed by atoms with van der Waals surface area (Å²) in [5.41, 5.74) is 7.22. The molecule has 0 fully saturated rings. The fraction of sp³-hybridized carbons (Fsp3) is 0.571.